The standard InChI is InChI=1S/C27H32NO2/c1-29-26-17-11-12-23(22-26)18-21-28(19-9-4-10-20-28)30-27(24-13-5-2-6-14-24)25-15-7-3-8-16-25/h2-3,5-8,11-17,22,27H,4,9-10,18-21H2,1H3/q+1. The lowest BCUT2D eigenvalue weighted by Gasteiger charge is -2.41. The maximum atomic E-state index is 7.04. The number of piperidine rings is 1. The average Bonchev–Trinajstić information content (AvgIpc) is 2.83. The van der Waals surface area contributed by atoms with Gasteiger partial charge in [0.1, 0.15) is 25.4 Å². The second-order valence-electron chi connectivity index (χ2n) is 8.20. The third-order valence-corrected chi connectivity index (χ3v) is 6.11. The summed E-state index contributed by atoms with van der Waals surface area (Å²) in [5, 5.41) is 0. The van der Waals surface area contributed by atoms with Crippen LogP contribution in [0, 0.1) is 0 Å². The van der Waals surface area contributed by atoms with Gasteiger partial charge in [0.25, 0.3) is 0 Å². The van der Waals surface area contributed by atoms with Gasteiger partial charge in [0.15, 0.2) is 6.10 Å². The largest absolute Gasteiger partial charge is 0.497 e. The van der Waals surface area contributed by atoms with Crippen LogP contribution in [0.3, 0.4) is 0 Å². The molecule has 3 nitrogen and oxygen atoms in total. The van der Waals surface area contributed by atoms with Gasteiger partial charge in [-0.15, -0.1) is 0 Å². The van der Waals surface area contributed by atoms with Crippen molar-refractivity contribution in [3.63, 3.8) is 0 Å². The van der Waals surface area contributed by atoms with E-state index in [1.54, 1.807) is 7.11 Å². The summed E-state index contributed by atoms with van der Waals surface area (Å²) in [6.45, 7) is 3.11. The summed E-state index contributed by atoms with van der Waals surface area (Å²) in [6, 6.07) is 29.7. The van der Waals surface area contributed by atoms with Crippen molar-refractivity contribution >= 4 is 0 Å². The van der Waals surface area contributed by atoms with Gasteiger partial charge in [-0.05, 0) is 48.1 Å². The lowest BCUT2D eigenvalue weighted by molar-refractivity contribution is -1.11. The maximum absolute atomic E-state index is 7.04. The Bertz CT molecular complexity index is 865. The summed E-state index contributed by atoms with van der Waals surface area (Å²) in [6.07, 6.45) is 4.65. The van der Waals surface area contributed by atoms with Crippen LogP contribution in [0.1, 0.15) is 42.1 Å². The molecule has 0 aliphatic carbocycles. The first-order chi connectivity index (χ1) is 14.8. The molecule has 3 heteroatoms. The van der Waals surface area contributed by atoms with E-state index in [-0.39, 0.29) is 6.10 Å². The number of hydrogen-bond donors (Lipinski definition) is 0. The molecule has 1 heterocycles. The van der Waals surface area contributed by atoms with Crippen molar-refractivity contribution in [3.8, 4) is 5.75 Å². The molecule has 0 atom stereocenters. The first-order valence-corrected chi connectivity index (χ1v) is 11.1. The van der Waals surface area contributed by atoms with Gasteiger partial charge in [0.2, 0.25) is 0 Å². The molecule has 0 unspecified atom stereocenters. The van der Waals surface area contributed by atoms with Crippen molar-refractivity contribution in [1.29, 1.82) is 0 Å². The van der Waals surface area contributed by atoms with Gasteiger partial charge >= 0.3 is 0 Å². The quantitative estimate of drug-likeness (QED) is 0.433. The highest BCUT2D eigenvalue weighted by Gasteiger charge is 2.36. The highest BCUT2D eigenvalue weighted by molar-refractivity contribution is 5.30. The van der Waals surface area contributed by atoms with Crippen LogP contribution in [0.25, 0.3) is 0 Å². The fraction of sp³-hybridized carbons (Fsp3) is 0.333. The van der Waals surface area contributed by atoms with Gasteiger partial charge in [0.05, 0.1) is 7.11 Å². The van der Waals surface area contributed by atoms with Gasteiger partial charge in [-0.25, -0.2) is 0 Å². The van der Waals surface area contributed by atoms with E-state index in [0.717, 1.165) is 31.8 Å². The minimum atomic E-state index is -0.0594. The number of quaternary nitrogens is 1. The van der Waals surface area contributed by atoms with E-state index in [1.807, 2.05) is 6.07 Å². The summed E-state index contributed by atoms with van der Waals surface area (Å²) in [4.78, 5) is 7.04. The smallest absolute Gasteiger partial charge is 0.167 e. The molecule has 156 valence electrons. The molecule has 3 aromatic rings. The van der Waals surface area contributed by atoms with Crippen molar-refractivity contribution < 1.29 is 14.2 Å². The Labute approximate surface area is 180 Å². The zero-order chi connectivity index (χ0) is 20.7. The zero-order valence-electron chi connectivity index (χ0n) is 17.9. The number of rotatable bonds is 8. The lowest BCUT2D eigenvalue weighted by atomic mass is 10.0. The molecule has 0 amide bonds. The van der Waals surface area contributed by atoms with Crippen LogP contribution < -0.4 is 4.74 Å². The number of ether oxygens (including phenoxy) is 1. The Morgan fingerprint density at radius 2 is 1.40 bits per heavy atom. The minimum Gasteiger partial charge on any atom is -0.497 e. The van der Waals surface area contributed by atoms with Crippen molar-refractivity contribution in [2.24, 2.45) is 0 Å². The van der Waals surface area contributed by atoms with Crippen LogP contribution in [0.15, 0.2) is 84.9 Å². The molecule has 1 aliphatic rings. The number of benzene rings is 3. The fourth-order valence-electron chi connectivity index (χ4n) is 4.42. The van der Waals surface area contributed by atoms with Gasteiger partial charge < -0.3 is 4.74 Å². The predicted octanol–water partition coefficient (Wildman–Crippen LogP) is 5.96. The van der Waals surface area contributed by atoms with E-state index in [0.29, 0.717) is 4.65 Å². The Morgan fingerprint density at radius 3 is 2.00 bits per heavy atom. The predicted molar refractivity (Wildman–Crippen MR) is 121 cm³/mol. The first kappa shape index (κ1) is 20.6. The van der Waals surface area contributed by atoms with E-state index >= 15 is 0 Å². The van der Waals surface area contributed by atoms with Crippen molar-refractivity contribution in [3.05, 3.63) is 102 Å². The molecule has 1 aliphatic heterocycles. The topological polar surface area (TPSA) is 18.5 Å². The molecule has 0 bridgehead atoms. The third-order valence-electron chi connectivity index (χ3n) is 6.11. The number of hydroxylamine groups is 3. The molecule has 30 heavy (non-hydrogen) atoms. The number of hydrogen-bond acceptors (Lipinski definition) is 2. The van der Waals surface area contributed by atoms with E-state index in [2.05, 4.69) is 78.9 Å². The average molecular weight is 403 g/mol. The Hall–Kier alpha value is -2.62. The van der Waals surface area contributed by atoms with Gasteiger partial charge in [-0.3, -0.25) is 0 Å². The maximum Gasteiger partial charge on any atom is 0.167 e. The first-order valence-electron chi connectivity index (χ1n) is 11.1. The summed E-state index contributed by atoms with van der Waals surface area (Å²) in [7, 11) is 1.73. The molecular weight excluding hydrogens is 370 g/mol. The second kappa shape index (κ2) is 9.92. The van der Waals surface area contributed by atoms with Crippen molar-refractivity contribution in [2.45, 2.75) is 31.8 Å². The van der Waals surface area contributed by atoms with Gasteiger partial charge in [-0.2, -0.15) is 9.48 Å². The van der Waals surface area contributed by atoms with Crippen LogP contribution in [0.2, 0.25) is 0 Å². The molecule has 1 saturated heterocycles. The van der Waals surface area contributed by atoms with Gasteiger partial charge in [-0.1, -0.05) is 72.8 Å². The SMILES string of the molecule is COc1cccc(CC[N+]2(OC(c3ccccc3)c3ccccc3)CCCCC2)c1. The fourth-order valence-corrected chi connectivity index (χ4v) is 4.42. The van der Waals surface area contributed by atoms with E-state index in [4.69, 9.17) is 9.57 Å². The number of nitrogens with zero attached hydrogens (tertiary/aromatic N) is 1. The van der Waals surface area contributed by atoms with Crippen LogP contribution in [-0.4, -0.2) is 31.4 Å². The molecule has 4 rings (SSSR count). The number of methoxy groups -OCH3 is 1. The van der Waals surface area contributed by atoms with E-state index in [9.17, 15) is 0 Å². The molecule has 1 fully saturated rings. The minimum absolute atomic E-state index is 0.0594. The number of likely N-dealkylation sites (tertiary alicyclic amines) is 1. The normalized spacial score (nSPS) is 15.8. The third kappa shape index (κ3) is 5.10. The molecule has 0 saturated carbocycles. The van der Waals surface area contributed by atoms with Crippen molar-refractivity contribution in [2.75, 3.05) is 26.7 Å². The summed E-state index contributed by atoms with van der Waals surface area (Å²) in [5.74, 6) is 0.921. The van der Waals surface area contributed by atoms with Crippen molar-refractivity contribution in [1.82, 2.24) is 0 Å². The Balaban J connectivity index is 1.59. The lowest BCUT2D eigenvalue weighted by Crippen LogP contribution is -2.53. The van der Waals surface area contributed by atoms with Crippen LogP contribution in [0.5, 0.6) is 5.75 Å². The Kier molecular flexibility index (Phi) is 6.83. The monoisotopic (exact) mass is 402 g/mol. The summed E-state index contributed by atoms with van der Waals surface area (Å²) in [5.41, 5.74) is 3.73. The van der Waals surface area contributed by atoms with Crippen LogP contribution in [0.4, 0.5) is 0 Å². The van der Waals surface area contributed by atoms with Gasteiger partial charge in [0, 0.05) is 6.42 Å². The molecule has 0 spiro atoms. The highest BCUT2D eigenvalue weighted by atomic mass is 16.7. The summed E-state index contributed by atoms with van der Waals surface area (Å²) >= 11 is 0. The molecule has 0 radical (unpaired) electrons. The summed E-state index contributed by atoms with van der Waals surface area (Å²) < 4.78 is 6.13. The Morgan fingerprint density at radius 1 is 0.767 bits per heavy atom. The van der Waals surface area contributed by atoms with E-state index < -0.39 is 0 Å². The highest BCUT2D eigenvalue weighted by Crippen LogP contribution is 2.33. The molecule has 0 N–H and O–H groups in total. The van der Waals surface area contributed by atoms with E-state index in [1.165, 1.54) is 36.0 Å². The zero-order valence-corrected chi connectivity index (χ0v) is 17.9. The second-order valence-corrected chi connectivity index (χ2v) is 8.20. The van der Waals surface area contributed by atoms with Crippen LogP contribution >= 0.6 is 0 Å². The molecule has 3 aromatic carbocycles. The molecular formula is C27H32NO2+. The van der Waals surface area contributed by atoms with Crippen LogP contribution in [-0.2, 0) is 11.3 Å². The molecule has 0 aromatic heterocycles.